The van der Waals surface area contributed by atoms with Gasteiger partial charge in [-0.2, -0.15) is 0 Å². The van der Waals surface area contributed by atoms with Crippen molar-refractivity contribution in [3.63, 3.8) is 0 Å². The normalized spacial score (nSPS) is 20.5. The number of nitrogens with zero attached hydrogens (tertiary/aromatic N) is 1. The molecule has 0 bridgehead atoms. The molecule has 3 atom stereocenters. The fraction of sp³-hybridized carbons (Fsp3) is 0.343. The van der Waals surface area contributed by atoms with Crippen LogP contribution in [-0.2, 0) is 32.1 Å². The third kappa shape index (κ3) is 9.89. The minimum atomic E-state index is -0.720. The Kier molecular flexibility index (Phi) is 12.0. The van der Waals surface area contributed by atoms with Gasteiger partial charge in [0.2, 0.25) is 11.8 Å². The highest BCUT2D eigenvalue weighted by molar-refractivity contribution is 5.86. The summed E-state index contributed by atoms with van der Waals surface area (Å²) in [5.74, 6) is -2.34. The molecule has 0 aliphatic carbocycles. The standard InChI is InChI=1S/C35H39FN2O5/c36-31-18-16-26(17-19-31)22-30-15-9-3-8-14-29(23-33(40)38(20-21-39)25-27-10-4-1-5-11-27)34(41)37-24-32(43-35(30)42)28-12-6-2-7-13-28/h1-8,10-13,16-19,29-30,32,39H,9,14-15,20-25H2,(H,37,41)/b8-3+/t29-,30+,32-/m1/s1. The molecule has 0 spiro atoms. The number of cyclic esters (lactones) is 1. The largest absolute Gasteiger partial charge is 0.455 e. The lowest BCUT2D eigenvalue weighted by atomic mass is 9.94. The SMILES string of the molecule is O=C1NC[C@H](c2ccccc2)OC(=O)[C@H](Cc2ccc(F)cc2)CC/C=C/C[C@@H]1CC(=O)N(CCO)Cc1ccccc1. The van der Waals surface area contributed by atoms with E-state index in [-0.39, 0.29) is 49.7 Å². The molecular formula is C35H39FN2O5. The highest BCUT2D eigenvalue weighted by Gasteiger charge is 2.28. The van der Waals surface area contributed by atoms with Crippen LogP contribution in [0.2, 0.25) is 0 Å². The number of esters is 1. The maximum atomic E-state index is 13.5. The molecule has 43 heavy (non-hydrogen) atoms. The van der Waals surface area contributed by atoms with Gasteiger partial charge in [-0.3, -0.25) is 14.4 Å². The fourth-order valence-electron chi connectivity index (χ4n) is 5.19. The fourth-order valence-corrected chi connectivity index (χ4v) is 5.19. The van der Waals surface area contributed by atoms with Crippen LogP contribution in [0.3, 0.4) is 0 Å². The summed E-state index contributed by atoms with van der Waals surface area (Å²) in [6.45, 7) is 0.375. The third-order valence-electron chi connectivity index (χ3n) is 7.62. The van der Waals surface area contributed by atoms with Crippen LogP contribution in [0.15, 0.2) is 97.1 Å². The van der Waals surface area contributed by atoms with E-state index in [0.717, 1.165) is 16.7 Å². The predicted molar refractivity (Wildman–Crippen MR) is 162 cm³/mol. The van der Waals surface area contributed by atoms with Gasteiger partial charge in [-0.15, -0.1) is 0 Å². The molecule has 1 aliphatic rings. The zero-order valence-electron chi connectivity index (χ0n) is 24.2. The van der Waals surface area contributed by atoms with Crippen LogP contribution in [0.5, 0.6) is 0 Å². The number of amides is 2. The zero-order chi connectivity index (χ0) is 30.4. The van der Waals surface area contributed by atoms with Gasteiger partial charge in [-0.1, -0.05) is 84.9 Å². The second kappa shape index (κ2) is 16.4. The van der Waals surface area contributed by atoms with E-state index >= 15 is 0 Å². The van der Waals surface area contributed by atoms with Crippen LogP contribution < -0.4 is 5.32 Å². The van der Waals surface area contributed by atoms with E-state index in [4.69, 9.17) is 4.74 Å². The van der Waals surface area contributed by atoms with E-state index in [1.54, 1.807) is 17.0 Å². The summed E-state index contributed by atoms with van der Waals surface area (Å²) in [6, 6.07) is 24.9. The first-order chi connectivity index (χ1) is 20.9. The number of carbonyl (C=O) groups excluding carboxylic acids is 3. The van der Waals surface area contributed by atoms with Gasteiger partial charge >= 0.3 is 5.97 Å². The number of benzene rings is 3. The van der Waals surface area contributed by atoms with E-state index < -0.39 is 17.9 Å². The quantitative estimate of drug-likeness (QED) is 0.267. The minimum absolute atomic E-state index is 0.0218. The van der Waals surface area contributed by atoms with Crippen molar-refractivity contribution in [2.24, 2.45) is 11.8 Å². The Morgan fingerprint density at radius 3 is 2.30 bits per heavy atom. The maximum Gasteiger partial charge on any atom is 0.309 e. The number of hydrogen-bond acceptors (Lipinski definition) is 5. The number of aliphatic hydroxyl groups excluding tert-OH is 1. The summed E-state index contributed by atoms with van der Waals surface area (Å²) in [7, 11) is 0. The Morgan fingerprint density at radius 2 is 1.60 bits per heavy atom. The Hall–Kier alpha value is -4.30. The molecule has 3 aromatic carbocycles. The molecule has 0 saturated carbocycles. The van der Waals surface area contributed by atoms with E-state index in [1.807, 2.05) is 72.8 Å². The summed E-state index contributed by atoms with van der Waals surface area (Å²) in [5.41, 5.74) is 2.52. The number of rotatable bonds is 9. The molecule has 1 heterocycles. The first kappa shape index (κ1) is 31.6. The van der Waals surface area contributed by atoms with Crippen molar-refractivity contribution >= 4 is 17.8 Å². The van der Waals surface area contributed by atoms with Gasteiger partial charge in [0.25, 0.3) is 0 Å². The molecule has 0 fully saturated rings. The van der Waals surface area contributed by atoms with Crippen molar-refractivity contribution in [3.05, 3.63) is 120 Å². The summed E-state index contributed by atoms with van der Waals surface area (Å²) < 4.78 is 19.5. The highest BCUT2D eigenvalue weighted by Crippen LogP contribution is 2.24. The summed E-state index contributed by atoms with van der Waals surface area (Å²) in [4.78, 5) is 41.8. The van der Waals surface area contributed by atoms with Crippen LogP contribution in [0, 0.1) is 17.7 Å². The molecule has 3 aromatic rings. The second-order valence-corrected chi connectivity index (χ2v) is 10.8. The Balaban J connectivity index is 1.52. The minimum Gasteiger partial charge on any atom is -0.455 e. The van der Waals surface area contributed by atoms with Gasteiger partial charge in [0.05, 0.1) is 25.0 Å². The number of nitrogens with one attached hydrogen (secondary N) is 1. The third-order valence-corrected chi connectivity index (χ3v) is 7.62. The van der Waals surface area contributed by atoms with Crippen molar-refractivity contribution in [2.75, 3.05) is 19.7 Å². The van der Waals surface area contributed by atoms with Crippen LogP contribution in [-0.4, -0.2) is 47.5 Å². The number of aliphatic hydroxyl groups is 1. The molecule has 1 aliphatic heterocycles. The molecule has 2 N–H and O–H groups in total. The lowest BCUT2D eigenvalue weighted by molar-refractivity contribution is -0.155. The molecule has 226 valence electrons. The summed E-state index contributed by atoms with van der Waals surface area (Å²) in [6.07, 6.45) is 4.91. The molecule has 7 nitrogen and oxygen atoms in total. The lowest BCUT2D eigenvalue weighted by Crippen LogP contribution is -2.39. The number of ether oxygens (including phenoxy) is 1. The van der Waals surface area contributed by atoms with Gasteiger partial charge in [-0.25, -0.2) is 4.39 Å². The molecule has 0 unspecified atom stereocenters. The number of halogens is 1. The molecule has 0 aromatic heterocycles. The van der Waals surface area contributed by atoms with E-state index in [0.29, 0.717) is 32.2 Å². The molecule has 2 amide bonds. The molecule has 4 rings (SSSR count). The maximum absolute atomic E-state index is 13.5. The Morgan fingerprint density at radius 1 is 0.907 bits per heavy atom. The van der Waals surface area contributed by atoms with Gasteiger partial charge in [0.15, 0.2) is 0 Å². The van der Waals surface area contributed by atoms with Gasteiger partial charge in [-0.05, 0) is 54.5 Å². The van der Waals surface area contributed by atoms with Crippen LogP contribution in [0.25, 0.3) is 0 Å². The van der Waals surface area contributed by atoms with E-state index in [1.165, 1.54) is 12.1 Å². The number of carbonyl (C=O) groups is 3. The van der Waals surface area contributed by atoms with Crippen molar-refractivity contribution < 1.29 is 28.6 Å². The topological polar surface area (TPSA) is 95.9 Å². The molecule has 8 heteroatoms. The second-order valence-electron chi connectivity index (χ2n) is 10.8. The summed E-state index contributed by atoms with van der Waals surface area (Å²) >= 11 is 0. The van der Waals surface area contributed by atoms with Crippen LogP contribution in [0.4, 0.5) is 4.39 Å². The predicted octanol–water partition coefficient (Wildman–Crippen LogP) is 5.15. The van der Waals surface area contributed by atoms with E-state index in [9.17, 15) is 23.9 Å². The van der Waals surface area contributed by atoms with Gasteiger partial charge < -0.3 is 20.1 Å². The van der Waals surface area contributed by atoms with Crippen molar-refractivity contribution in [2.45, 2.75) is 44.8 Å². The monoisotopic (exact) mass is 586 g/mol. The average molecular weight is 587 g/mol. The van der Waals surface area contributed by atoms with Gasteiger partial charge in [0.1, 0.15) is 11.9 Å². The number of allylic oxidation sites excluding steroid dienone is 2. The van der Waals surface area contributed by atoms with Crippen molar-refractivity contribution in [1.82, 2.24) is 10.2 Å². The van der Waals surface area contributed by atoms with Crippen LogP contribution in [0.1, 0.15) is 48.5 Å². The van der Waals surface area contributed by atoms with Crippen molar-refractivity contribution in [1.29, 1.82) is 0 Å². The first-order valence-electron chi connectivity index (χ1n) is 14.8. The molecule has 0 saturated heterocycles. The van der Waals surface area contributed by atoms with Crippen molar-refractivity contribution in [3.8, 4) is 0 Å². The highest BCUT2D eigenvalue weighted by atomic mass is 19.1. The zero-order valence-corrected chi connectivity index (χ0v) is 24.2. The Labute approximate surface area is 252 Å². The molecular weight excluding hydrogens is 547 g/mol. The number of hydrogen-bond donors (Lipinski definition) is 2. The lowest BCUT2D eigenvalue weighted by Gasteiger charge is -2.25. The Bertz CT molecular complexity index is 1350. The van der Waals surface area contributed by atoms with Crippen LogP contribution >= 0.6 is 0 Å². The van der Waals surface area contributed by atoms with E-state index in [2.05, 4.69) is 5.32 Å². The molecule has 0 radical (unpaired) electrons. The first-order valence-corrected chi connectivity index (χ1v) is 14.8. The smallest absolute Gasteiger partial charge is 0.309 e. The van der Waals surface area contributed by atoms with Gasteiger partial charge in [0, 0.05) is 19.5 Å². The summed E-state index contributed by atoms with van der Waals surface area (Å²) in [5, 5.41) is 12.5. The average Bonchev–Trinajstić information content (AvgIpc) is 3.03.